The van der Waals surface area contributed by atoms with E-state index in [0.717, 1.165) is 19.6 Å². The van der Waals surface area contributed by atoms with Crippen molar-refractivity contribution in [2.24, 2.45) is 0 Å². The average Bonchev–Trinajstić information content (AvgIpc) is 2.65. The number of ether oxygens (including phenoxy) is 1. The smallest absolute Gasteiger partial charge is 0.412 e. The first-order valence-electron chi connectivity index (χ1n) is 6.13. The number of rotatable bonds is 2. The molecule has 0 atom stereocenters. The summed E-state index contributed by atoms with van der Waals surface area (Å²) in [6, 6.07) is 5.57. The molecule has 5 nitrogen and oxygen atoms in total. The molecule has 0 saturated heterocycles. The molecule has 0 saturated carbocycles. The predicted molar refractivity (Wildman–Crippen MR) is 91.4 cm³/mol. The fraction of sp³-hybridized carbons (Fsp3) is 0.286. The number of thiophene rings is 1. The second kappa shape index (κ2) is 5.80. The number of benzene rings is 1. The maximum absolute atomic E-state index is 11.9. The van der Waals surface area contributed by atoms with Gasteiger partial charge in [-0.1, -0.05) is 0 Å². The van der Waals surface area contributed by atoms with Crippen molar-refractivity contribution in [3.8, 4) is 0 Å². The number of aromatic carboxylic acids is 1. The Morgan fingerprint density at radius 3 is 2.57 bits per heavy atom. The van der Waals surface area contributed by atoms with Gasteiger partial charge >= 0.3 is 12.1 Å². The van der Waals surface area contributed by atoms with Gasteiger partial charge in [-0.05, 0) is 61.6 Å². The standard InChI is InChI=1S/C14H14INO4S/c1-14(2,3)20-13(19)16-10-8-6-7(15)4-5-9(8)21-11(10)12(17)18/h4-6H,1-3H3,(H,16,19)(H,17,18). The molecule has 0 radical (unpaired) electrons. The second-order valence-corrected chi connectivity index (χ2v) is 7.68. The minimum Gasteiger partial charge on any atom is -0.477 e. The number of carboxylic acid groups (broad SMARTS) is 1. The second-order valence-electron chi connectivity index (χ2n) is 5.38. The summed E-state index contributed by atoms with van der Waals surface area (Å²) in [5.74, 6) is -1.07. The predicted octanol–water partition coefficient (Wildman–Crippen LogP) is 4.55. The van der Waals surface area contributed by atoms with E-state index in [1.165, 1.54) is 0 Å². The zero-order chi connectivity index (χ0) is 15.8. The molecule has 2 N–H and O–H groups in total. The van der Waals surface area contributed by atoms with Crippen LogP contribution in [-0.2, 0) is 4.74 Å². The first kappa shape index (κ1) is 16.0. The summed E-state index contributed by atoms with van der Waals surface area (Å²) < 4.78 is 6.95. The van der Waals surface area contributed by atoms with Crippen molar-refractivity contribution in [1.29, 1.82) is 0 Å². The fourth-order valence-corrected chi connectivity index (χ4v) is 3.22. The minimum absolute atomic E-state index is 0.0952. The average molecular weight is 419 g/mol. The summed E-state index contributed by atoms with van der Waals surface area (Å²) in [6.45, 7) is 5.25. The number of carbonyl (C=O) groups excluding carboxylic acids is 1. The van der Waals surface area contributed by atoms with Gasteiger partial charge in [-0.3, -0.25) is 5.32 Å². The number of carbonyl (C=O) groups is 2. The number of hydrogen-bond donors (Lipinski definition) is 2. The van der Waals surface area contributed by atoms with Crippen LogP contribution in [0.15, 0.2) is 18.2 Å². The van der Waals surface area contributed by atoms with E-state index in [1.807, 2.05) is 18.2 Å². The van der Waals surface area contributed by atoms with Crippen molar-refractivity contribution in [2.75, 3.05) is 5.32 Å². The Morgan fingerprint density at radius 2 is 2.00 bits per heavy atom. The maximum Gasteiger partial charge on any atom is 0.412 e. The molecule has 0 aliphatic rings. The highest BCUT2D eigenvalue weighted by Gasteiger charge is 2.22. The third-order valence-electron chi connectivity index (χ3n) is 2.47. The van der Waals surface area contributed by atoms with E-state index in [-0.39, 0.29) is 10.6 Å². The molecule has 1 amide bonds. The van der Waals surface area contributed by atoms with Gasteiger partial charge in [0, 0.05) is 13.7 Å². The summed E-state index contributed by atoms with van der Waals surface area (Å²) in [6.07, 6.45) is -0.663. The van der Waals surface area contributed by atoms with E-state index in [1.54, 1.807) is 20.8 Å². The minimum atomic E-state index is -1.07. The summed E-state index contributed by atoms with van der Waals surface area (Å²) in [5.41, 5.74) is -0.358. The zero-order valence-corrected chi connectivity index (χ0v) is 14.7. The lowest BCUT2D eigenvalue weighted by molar-refractivity contribution is 0.0636. The Bertz CT molecular complexity index is 718. The molecule has 1 heterocycles. The summed E-state index contributed by atoms with van der Waals surface area (Å²) >= 11 is 3.27. The number of hydrogen-bond acceptors (Lipinski definition) is 4. The van der Waals surface area contributed by atoms with Gasteiger partial charge in [-0.25, -0.2) is 9.59 Å². The number of anilines is 1. The Morgan fingerprint density at radius 1 is 1.33 bits per heavy atom. The van der Waals surface area contributed by atoms with Gasteiger partial charge in [0.15, 0.2) is 0 Å². The molecule has 0 spiro atoms. The zero-order valence-electron chi connectivity index (χ0n) is 11.7. The summed E-state index contributed by atoms with van der Waals surface area (Å²) in [5, 5.41) is 12.6. The molecule has 0 aliphatic carbocycles. The quantitative estimate of drug-likeness (QED) is 0.701. The van der Waals surface area contributed by atoms with Crippen LogP contribution >= 0.6 is 33.9 Å². The Balaban J connectivity index is 2.45. The van der Waals surface area contributed by atoms with Gasteiger partial charge in [0.1, 0.15) is 10.5 Å². The van der Waals surface area contributed by atoms with Crippen LogP contribution in [0.3, 0.4) is 0 Å². The van der Waals surface area contributed by atoms with E-state index < -0.39 is 17.7 Å². The van der Waals surface area contributed by atoms with Crippen LogP contribution in [0.1, 0.15) is 30.4 Å². The fourth-order valence-electron chi connectivity index (χ4n) is 1.75. The van der Waals surface area contributed by atoms with Crippen LogP contribution in [0.4, 0.5) is 10.5 Å². The first-order valence-corrected chi connectivity index (χ1v) is 8.02. The molecular formula is C14H14INO4S. The molecule has 2 aromatic rings. The third kappa shape index (κ3) is 3.85. The molecule has 1 aromatic carbocycles. The molecule has 0 aliphatic heterocycles. The normalized spacial score (nSPS) is 11.4. The Kier molecular flexibility index (Phi) is 4.43. The van der Waals surface area contributed by atoms with Gasteiger partial charge in [0.2, 0.25) is 0 Å². The van der Waals surface area contributed by atoms with Crippen LogP contribution in [0, 0.1) is 3.57 Å². The van der Waals surface area contributed by atoms with Crippen LogP contribution < -0.4 is 5.32 Å². The number of carboxylic acids is 1. The van der Waals surface area contributed by atoms with E-state index >= 15 is 0 Å². The van der Waals surface area contributed by atoms with Gasteiger partial charge in [0.05, 0.1) is 5.69 Å². The van der Waals surface area contributed by atoms with E-state index in [9.17, 15) is 14.7 Å². The van der Waals surface area contributed by atoms with Crippen molar-refractivity contribution < 1.29 is 19.4 Å². The van der Waals surface area contributed by atoms with Crippen molar-refractivity contribution >= 4 is 61.8 Å². The molecule has 0 unspecified atom stereocenters. The van der Waals surface area contributed by atoms with E-state index in [0.29, 0.717) is 5.39 Å². The Labute approximate surface area is 139 Å². The monoisotopic (exact) mass is 419 g/mol. The van der Waals surface area contributed by atoms with Crippen LogP contribution in [0.25, 0.3) is 10.1 Å². The number of halogens is 1. The topological polar surface area (TPSA) is 75.6 Å². The van der Waals surface area contributed by atoms with Crippen molar-refractivity contribution in [3.05, 3.63) is 26.6 Å². The highest BCUT2D eigenvalue weighted by Crippen LogP contribution is 2.37. The van der Waals surface area contributed by atoms with E-state index in [4.69, 9.17) is 4.74 Å². The van der Waals surface area contributed by atoms with Crippen LogP contribution in [-0.4, -0.2) is 22.8 Å². The third-order valence-corrected chi connectivity index (χ3v) is 4.30. The van der Waals surface area contributed by atoms with Gasteiger partial charge < -0.3 is 9.84 Å². The molecule has 112 valence electrons. The number of fused-ring (bicyclic) bond motifs is 1. The lowest BCUT2D eigenvalue weighted by Crippen LogP contribution is -2.27. The van der Waals surface area contributed by atoms with Gasteiger partial charge in [-0.15, -0.1) is 11.3 Å². The van der Waals surface area contributed by atoms with Crippen LogP contribution in [0.5, 0.6) is 0 Å². The van der Waals surface area contributed by atoms with Crippen molar-refractivity contribution in [2.45, 2.75) is 26.4 Å². The number of amides is 1. The molecule has 0 fully saturated rings. The molecule has 2 rings (SSSR count). The molecule has 1 aromatic heterocycles. The largest absolute Gasteiger partial charge is 0.477 e. The summed E-state index contributed by atoms with van der Waals surface area (Å²) in [4.78, 5) is 23.4. The lowest BCUT2D eigenvalue weighted by atomic mass is 10.2. The molecule has 0 bridgehead atoms. The van der Waals surface area contributed by atoms with Crippen molar-refractivity contribution in [1.82, 2.24) is 0 Å². The highest BCUT2D eigenvalue weighted by molar-refractivity contribution is 14.1. The molecule has 7 heteroatoms. The SMILES string of the molecule is CC(C)(C)OC(=O)Nc1c(C(=O)O)sc2ccc(I)cc12. The highest BCUT2D eigenvalue weighted by atomic mass is 127. The van der Waals surface area contributed by atoms with E-state index in [2.05, 4.69) is 27.9 Å². The first-order chi connectivity index (χ1) is 9.67. The molecular weight excluding hydrogens is 405 g/mol. The van der Waals surface area contributed by atoms with Gasteiger partial charge in [0.25, 0.3) is 0 Å². The van der Waals surface area contributed by atoms with Gasteiger partial charge in [-0.2, -0.15) is 0 Å². The Hall–Kier alpha value is -1.35. The van der Waals surface area contributed by atoms with Crippen molar-refractivity contribution in [3.63, 3.8) is 0 Å². The van der Waals surface area contributed by atoms with Crippen LogP contribution in [0.2, 0.25) is 0 Å². The number of nitrogens with one attached hydrogen (secondary N) is 1. The maximum atomic E-state index is 11.9. The molecule has 21 heavy (non-hydrogen) atoms. The summed E-state index contributed by atoms with van der Waals surface area (Å²) in [7, 11) is 0. The lowest BCUT2D eigenvalue weighted by Gasteiger charge is -2.19.